The van der Waals surface area contributed by atoms with E-state index in [2.05, 4.69) is 13.8 Å². The van der Waals surface area contributed by atoms with Crippen LogP contribution in [0.25, 0.3) is 0 Å². The van der Waals surface area contributed by atoms with Gasteiger partial charge in [-0.05, 0) is 12.8 Å². The van der Waals surface area contributed by atoms with E-state index in [4.69, 9.17) is 0 Å². The number of likely N-dealkylation sites (N-methyl/N-ethyl adjacent to an activating group) is 1. The molecule has 0 aliphatic heterocycles. The molecule has 280 valence electrons. The van der Waals surface area contributed by atoms with Crippen LogP contribution in [0.1, 0.15) is 233 Å². The Morgan fingerprint density at radius 3 is 0.745 bits per heavy atom. The van der Waals surface area contributed by atoms with Gasteiger partial charge in [0, 0.05) is 26.7 Å². The summed E-state index contributed by atoms with van der Waals surface area (Å²) in [7, 11) is 3.21. The Kier molecular flexibility index (Phi) is 28.5. The van der Waals surface area contributed by atoms with Crippen LogP contribution in [0.4, 0.5) is 0 Å². The number of hydrogen-bond donors (Lipinski definition) is 2. The number of unbranched alkanes of at least 4 members (excludes halogenated alkanes) is 28. The third-order valence-electron chi connectivity index (χ3n) is 11.2. The van der Waals surface area contributed by atoms with E-state index in [1.165, 1.54) is 168 Å². The van der Waals surface area contributed by atoms with Gasteiger partial charge in [0.1, 0.15) is 0 Å². The lowest BCUT2D eigenvalue weighted by atomic mass is 9.93. The summed E-state index contributed by atoms with van der Waals surface area (Å²) in [6, 6.07) is 0. The molecule has 0 amide bonds. The molecule has 5 heteroatoms. The molecule has 0 saturated heterocycles. The fourth-order valence-corrected chi connectivity index (χ4v) is 6.83. The minimum atomic E-state index is -1.83. The van der Waals surface area contributed by atoms with E-state index in [9.17, 15) is 19.8 Å². The van der Waals surface area contributed by atoms with E-state index in [-0.39, 0.29) is 24.4 Å². The van der Waals surface area contributed by atoms with E-state index in [1.807, 2.05) is 0 Å². The van der Waals surface area contributed by atoms with E-state index in [0.717, 1.165) is 38.5 Å². The normalized spacial score (nSPS) is 14.6. The molecule has 0 radical (unpaired) electrons. The molecule has 2 atom stereocenters. The van der Waals surface area contributed by atoms with Gasteiger partial charge in [0.2, 0.25) is 11.6 Å². The van der Waals surface area contributed by atoms with Crippen LogP contribution in [0, 0.1) is 0 Å². The van der Waals surface area contributed by atoms with Crippen LogP contribution in [-0.2, 0) is 9.59 Å². The van der Waals surface area contributed by atoms with Gasteiger partial charge in [0.15, 0.2) is 0 Å². The second-order valence-corrected chi connectivity index (χ2v) is 15.7. The van der Waals surface area contributed by atoms with E-state index >= 15 is 0 Å². The Morgan fingerprint density at radius 1 is 0.383 bits per heavy atom. The van der Waals surface area contributed by atoms with Crippen LogP contribution < -0.4 is 0 Å². The van der Waals surface area contributed by atoms with Gasteiger partial charge < -0.3 is 10.2 Å². The molecule has 0 rings (SSSR count). The van der Waals surface area contributed by atoms with Gasteiger partial charge in [0.05, 0.1) is 14.1 Å². The molecular formula is C42H84NO4+. The second kappa shape index (κ2) is 29.0. The number of nitrogens with zero attached hydrogens (tertiary/aromatic N) is 1. The summed E-state index contributed by atoms with van der Waals surface area (Å²) in [6.07, 6.45) is 38.4. The first-order valence-electron chi connectivity index (χ1n) is 20.8. The number of hydrogen-bond acceptors (Lipinski definition) is 4. The predicted octanol–water partition coefficient (Wildman–Crippen LogP) is 12.1. The Bertz CT molecular complexity index is 685. The number of ketones is 2. The highest BCUT2D eigenvalue weighted by molar-refractivity contribution is 5.87. The highest BCUT2D eigenvalue weighted by Crippen LogP contribution is 2.32. The van der Waals surface area contributed by atoms with Gasteiger partial charge in [-0.3, -0.25) is 14.1 Å². The molecule has 0 aromatic rings. The first-order valence-corrected chi connectivity index (χ1v) is 20.8. The van der Waals surface area contributed by atoms with Crippen molar-refractivity contribution in [1.29, 1.82) is 0 Å². The quantitative estimate of drug-likeness (QED) is 0.0396. The topological polar surface area (TPSA) is 74.6 Å². The maximum atomic E-state index is 13.1. The number of Topliss-reactive ketones (excluding diaryl/α,β-unsaturated/α-hetero) is 2. The van der Waals surface area contributed by atoms with Crippen molar-refractivity contribution in [3.05, 3.63) is 0 Å². The molecule has 0 aromatic heterocycles. The van der Waals surface area contributed by atoms with E-state index in [1.54, 1.807) is 14.1 Å². The summed E-state index contributed by atoms with van der Waals surface area (Å²) in [5.74, 6) is -0.588. The van der Waals surface area contributed by atoms with Gasteiger partial charge >= 0.3 is 0 Å². The van der Waals surface area contributed by atoms with Crippen molar-refractivity contribution < 1.29 is 24.3 Å². The van der Waals surface area contributed by atoms with Gasteiger partial charge in [-0.2, -0.15) is 0 Å². The van der Waals surface area contributed by atoms with Crippen molar-refractivity contribution in [2.75, 3.05) is 14.1 Å². The molecule has 0 bridgehead atoms. The maximum Gasteiger partial charge on any atom is 0.260 e. The summed E-state index contributed by atoms with van der Waals surface area (Å²) >= 11 is 0. The molecule has 2 unspecified atom stereocenters. The minimum Gasteiger partial charge on any atom is -0.337 e. The third-order valence-corrected chi connectivity index (χ3v) is 11.2. The lowest BCUT2D eigenvalue weighted by molar-refractivity contribution is -1.01. The average molecular weight is 667 g/mol. The average Bonchev–Trinajstić information content (AvgIpc) is 3.04. The van der Waals surface area contributed by atoms with Crippen LogP contribution in [-0.4, -0.2) is 51.8 Å². The molecule has 47 heavy (non-hydrogen) atoms. The van der Waals surface area contributed by atoms with E-state index < -0.39 is 15.9 Å². The minimum absolute atomic E-state index is 0.274. The summed E-state index contributed by atoms with van der Waals surface area (Å²) in [6.45, 7) is 7.47. The Morgan fingerprint density at radius 2 is 0.553 bits per heavy atom. The highest BCUT2D eigenvalue weighted by Gasteiger charge is 2.58. The number of carbonyl (C=O) groups is 2. The summed E-state index contributed by atoms with van der Waals surface area (Å²) in [5.41, 5.74) is -3.66. The predicted molar refractivity (Wildman–Crippen MR) is 202 cm³/mol. The Hall–Kier alpha value is -0.780. The third kappa shape index (κ3) is 21.1. The van der Waals surface area contributed by atoms with Crippen molar-refractivity contribution >= 4 is 11.6 Å². The lowest BCUT2D eigenvalue weighted by Crippen LogP contribution is -2.74. The smallest absolute Gasteiger partial charge is 0.260 e. The first kappa shape index (κ1) is 46.2. The van der Waals surface area contributed by atoms with Gasteiger partial charge in [0.25, 0.3) is 11.4 Å². The SMILES string of the molecule is CCCCCCCCCCCCCCCCCC(=O)C(C)(O)[N+](C)(C)C(C)(O)C(=O)CCCCCCCCCCCCCCCCC. The maximum absolute atomic E-state index is 13.1. The largest absolute Gasteiger partial charge is 0.337 e. The molecule has 0 aliphatic rings. The summed E-state index contributed by atoms with van der Waals surface area (Å²) in [4.78, 5) is 26.3. The van der Waals surface area contributed by atoms with Crippen LogP contribution in [0.5, 0.6) is 0 Å². The van der Waals surface area contributed by atoms with Crippen LogP contribution >= 0.6 is 0 Å². The number of rotatable bonds is 36. The summed E-state index contributed by atoms with van der Waals surface area (Å²) < 4.78 is -0.463. The van der Waals surface area contributed by atoms with Crippen molar-refractivity contribution in [3.8, 4) is 0 Å². The van der Waals surface area contributed by atoms with Gasteiger partial charge in [-0.25, -0.2) is 0 Å². The summed E-state index contributed by atoms with van der Waals surface area (Å²) in [5, 5.41) is 22.6. The van der Waals surface area contributed by atoms with Crippen molar-refractivity contribution in [2.45, 2.75) is 245 Å². The number of quaternary nitrogens is 1. The van der Waals surface area contributed by atoms with Crippen LogP contribution in [0.2, 0.25) is 0 Å². The second-order valence-electron chi connectivity index (χ2n) is 15.7. The fraction of sp³-hybridized carbons (Fsp3) is 0.952. The number of aliphatic hydroxyl groups is 2. The molecule has 0 aromatic carbocycles. The Balaban J connectivity index is 4.07. The molecule has 0 heterocycles. The lowest BCUT2D eigenvalue weighted by Gasteiger charge is -2.49. The van der Waals surface area contributed by atoms with Crippen molar-refractivity contribution in [3.63, 3.8) is 0 Å². The first-order chi connectivity index (χ1) is 22.5. The monoisotopic (exact) mass is 667 g/mol. The molecule has 0 spiro atoms. The van der Waals surface area contributed by atoms with Gasteiger partial charge in [-0.15, -0.1) is 0 Å². The van der Waals surface area contributed by atoms with Crippen molar-refractivity contribution in [1.82, 2.24) is 0 Å². The fourth-order valence-electron chi connectivity index (χ4n) is 6.83. The molecule has 0 aliphatic carbocycles. The molecular weight excluding hydrogens is 582 g/mol. The zero-order chi connectivity index (χ0) is 35.3. The molecule has 0 saturated carbocycles. The van der Waals surface area contributed by atoms with Crippen LogP contribution in [0.15, 0.2) is 0 Å². The highest BCUT2D eigenvalue weighted by atomic mass is 16.4. The van der Waals surface area contributed by atoms with Crippen molar-refractivity contribution in [2.24, 2.45) is 0 Å². The van der Waals surface area contributed by atoms with Gasteiger partial charge in [-0.1, -0.05) is 194 Å². The standard InChI is InChI=1S/C42H84NO4/c1-7-9-11-13-15-17-19-21-23-25-27-29-31-33-35-37-39(44)41(3,46)43(5,6)42(4,47)40(45)38-36-34-32-30-28-26-24-22-20-18-16-14-12-10-8-2/h46-47H,7-38H2,1-6H3/q+1. The molecule has 2 N–H and O–H groups in total. The van der Waals surface area contributed by atoms with Crippen LogP contribution in [0.3, 0.4) is 0 Å². The zero-order valence-corrected chi connectivity index (χ0v) is 32.8. The Labute approximate surface area is 294 Å². The number of carbonyl (C=O) groups excluding carboxylic acids is 2. The zero-order valence-electron chi connectivity index (χ0n) is 32.8. The van der Waals surface area contributed by atoms with E-state index in [0.29, 0.717) is 0 Å². The molecule has 0 fully saturated rings. The molecule has 5 nitrogen and oxygen atoms in total.